The van der Waals surface area contributed by atoms with Crippen molar-refractivity contribution in [1.29, 1.82) is 0 Å². The molecule has 0 saturated carbocycles. The van der Waals surface area contributed by atoms with E-state index in [2.05, 4.69) is 15.4 Å². The topological polar surface area (TPSA) is 82.4 Å². The van der Waals surface area contributed by atoms with Crippen LogP contribution < -0.4 is 9.47 Å². The van der Waals surface area contributed by atoms with Gasteiger partial charge in [0.2, 0.25) is 11.7 Å². The number of benzene rings is 1. The van der Waals surface area contributed by atoms with Crippen LogP contribution >= 0.6 is 0 Å². The molecule has 1 aromatic carbocycles. The van der Waals surface area contributed by atoms with Crippen LogP contribution in [0.1, 0.15) is 27.7 Å². The Hall–Kier alpha value is -2.64. The Kier molecular flexibility index (Phi) is 6.73. The van der Waals surface area contributed by atoms with E-state index >= 15 is 0 Å². The lowest BCUT2D eigenvalue weighted by Gasteiger charge is -2.17. The van der Waals surface area contributed by atoms with Gasteiger partial charge < -0.3 is 14.4 Å². The van der Waals surface area contributed by atoms with Crippen molar-refractivity contribution in [2.45, 2.75) is 34.2 Å². The van der Waals surface area contributed by atoms with Gasteiger partial charge in [-0.2, -0.15) is 4.80 Å². The molecule has 0 radical (unpaired) electrons. The lowest BCUT2D eigenvalue weighted by Crippen LogP contribution is -2.34. The number of ether oxygens (including phenoxy) is 2. The summed E-state index contributed by atoms with van der Waals surface area (Å²) in [5.41, 5.74) is 0.758. The first kappa shape index (κ1) is 18.7. The monoisotopic (exact) mass is 347 g/mol. The van der Waals surface area contributed by atoms with Crippen LogP contribution in [0, 0.1) is 0 Å². The quantitative estimate of drug-likeness (QED) is 0.690. The molecular weight excluding hydrogens is 322 g/mol. The van der Waals surface area contributed by atoms with Gasteiger partial charge in [0.1, 0.15) is 6.54 Å². The largest absolute Gasteiger partial charge is 0.490 e. The summed E-state index contributed by atoms with van der Waals surface area (Å²) in [7, 11) is 0. The first-order valence-electron chi connectivity index (χ1n) is 8.58. The molecular formula is C17H25N5O3. The van der Waals surface area contributed by atoms with E-state index in [-0.39, 0.29) is 12.5 Å². The number of tetrazole rings is 1. The second kappa shape index (κ2) is 9.00. The van der Waals surface area contributed by atoms with Crippen LogP contribution in [0.25, 0.3) is 11.4 Å². The van der Waals surface area contributed by atoms with Gasteiger partial charge in [0, 0.05) is 18.7 Å². The highest BCUT2D eigenvalue weighted by Gasteiger charge is 2.15. The lowest BCUT2D eigenvalue weighted by molar-refractivity contribution is -0.131. The van der Waals surface area contributed by atoms with Crippen molar-refractivity contribution >= 4 is 5.91 Å². The van der Waals surface area contributed by atoms with E-state index in [4.69, 9.17) is 9.47 Å². The molecule has 0 aliphatic carbocycles. The van der Waals surface area contributed by atoms with Crippen LogP contribution in [0.2, 0.25) is 0 Å². The number of carbonyl (C=O) groups is 1. The Morgan fingerprint density at radius 1 is 1.08 bits per heavy atom. The standard InChI is InChI=1S/C17H25N5O3/c1-5-21(6-2)16(23)12-22-19-17(18-20-22)13-9-10-14(24-7-3)15(11-13)25-8-4/h9-11H,5-8,12H2,1-4H3. The average Bonchev–Trinajstić information content (AvgIpc) is 3.06. The molecule has 0 aliphatic rings. The van der Waals surface area contributed by atoms with Crippen molar-refractivity contribution in [3.63, 3.8) is 0 Å². The van der Waals surface area contributed by atoms with Crippen LogP contribution in [0.15, 0.2) is 18.2 Å². The molecule has 1 aromatic heterocycles. The number of likely N-dealkylation sites (N-methyl/N-ethyl adjacent to an activating group) is 1. The van der Waals surface area contributed by atoms with Crippen LogP contribution in [-0.4, -0.2) is 57.3 Å². The first-order chi connectivity index (χ1) is 12.1. The van der Waals surface area contributed by atoms with Gasteiger partial charge in [-0.15, -0.1) is 10.2 Å². The minimum Gasteiger partial charge on any atom is -0.490 e. The molecule has 0 saturated heterocycles. The summed E-state index contributed by atoms with van der Waals surface area (Å²) < 4.78 is 11.2. The average molecular weight is 347 g/mol. The fourth-order valence-corrected chi connectivity index (χ4v) is 2.41. The molecule has 0 spiro atoms. The predicted octanol–water partition coefficient (Wildman–Crippen LogP) is 2.01. The summed E-state index contributed by atoms with van der Waals surface area (Å²) in [5.74, 6) is 1.72. The van der Waals surface area contributed by atoms with Crippen LogP contribution in [0.3, 0.4) is 0 Å². The lowest BCUT2D eigenvalue weighted by atomic mass is 10.2. The molecule has 8 nitrogen and oxygen atoms in total. The number of nitrogens with zero attached hydrogens (tertiary/aromatic N) is 5. The molecule has 0 bridgehead atoms. The summed E-state index contributed by atoms with van der Waals surface area (Å²) in [6, 6.07) is 5.49. The zero-order valence-electron chi connectivity index (χ0n) is 15.2. The predicted molar refractivity (Wildman–Crippen MR) is 93.5 cm³/mol. The number of hydrogen-bond donors (Lipinski definition) is 0. The zero-order valence-corrected chi connectivity index (χ0v) is 15.2. The van der Waals surface area contributed by atoms with E-state index in [0.717, 1.165) is 5.56 Å². The molecule has 2 rings (SSSR count). The van der Waals surface area contributed by atoms with E-state index in [1.165, 1.54) is 4.80 Å². The Morgan fingerprint density at radius 2 is 1.76 bits per heavy atom. The molecule has 0 fully saturated rings. The summed E-state index contributed by atoms with van der Waals surface area (Å²) >= 11 is 0. The minimum atomic E-state index is -0.0318. The Balaban J connectivity index is 2.18. The second-order valence-corrected chi connectivity index (χ2v) is 5.24. The molecule has 0 N–H and O–H groups in total. The summed E-state index contributed by atoms with van der Waals surface area (Å²) in [6.45, 7) is 10.2. The second-order valence-electron chi connectivity index (χ2n) is 5.24. The molecule has 8 heteroatoms. The van der Waals surface area contributed by atoms with Crippen molar-refractivity contribution in [2.75, 3.05) is 26.3 Å². The summed E-state index contributed by atoms with van der Waals surface area (Å²) in [5, 5.41) is 12.3. The van der Waals surface area contributed by atoms with Crippen molar-refractivity contribution < 1.29 is 14.3 Å². The van der Waals surface area contributed by atoms with E-state index in [9.17, 15) is 4.79 Å². The number of amides is 1. The maximum Gasteiger partial charge on any atom is 0.246 e. The van der Waals surface area contributed by atoms with E-state index in [0.29, 0.717) is 43.6 Å². The molecule has 0 unspecified atom stereocenters. The zero-order chi connectivity index (χ0) is 18.2. The van der Waals surface area contributed by atoms with Gasteiger partial charge in [0.25, 0.3) is 0 Å². The van der Waals surface area contributed by atoms with Gasteiger partial charge in [-0.3, -0.25) is 4.79 Å². The third kappa shape index (κ3) is 4.68. The Labute approximate surface area is 147 Å². The van der Waals surface area contributed by atoms with Crippen LogP contribution in [0.4, 0.5) is 0 Å². The van der Waals surface area contributed by atoms with Gasteiger partial charge >= 0.3 is 0 Å². The fourth-order valence-electron chi connectivity index (χ4n) is 2.41. The maximum absolute atomic E-state index is 12.1. The number of rotatable bonds is 9. The third-order valence-corrected chi connectivity index (χ3v) is 3.65. The van der Waals surface area contributed by atoms with Crippen LogP contribution in [0.5, 0.6) is 11.5 Å². The molecule has 0 aliphatic heterocycles. The Morgan fingerprint density at radius 3 is 2.40 bits per heavy atom. The van der Waals surface area contributed by atoms with Gasteiger partial charge in [0.05, 0.1) is 13.2 Å². The van der Waals surface area contributed by atoms with Crippen molar-refractivity contribution in [2.24, 2.45) is 0 Å². The minimum absolute atomic E-state index is 0.0318. The molecule has 25 heavy (non-hydrogen) atoms. The third-order valence-electron chi connectivity index (χ3n) is 3.65. The Bertz CT molecular complexity index is 697. The first-order valence-corrected chi connectivity index (χ1v) is 8.58. The normalized spacial score (nSPS) is 10.6. The van der Waals surface area contributed by atoms with Gasteiger partial charge in [-0.25, -0.2) is 0 Å². The molecule has 1 heterocycles. The number of carbonyl (C=O) groups excluding carboxylic acids is 1. The van der Waals surface area contributed by atoms with Crippen molar-refractivity contribution in [3.8, 4) is 22.9 Å². The molecule has 1 amide bonds. The van der Waals surface area contributed by atoms with Gasteiger partial charge in [-0.05, 0) is 51.1 Å². The van der Waals surface area contributed by atoms with E-state index in [1.807, 2.05) is 45.9 Å². The van der Waals surface area contributed by atoms with Crippen LogP contribution in [-0.2, 0) is 11.3 Å². The smallest absolute Gasteiger partial charge is 0.246 e. The highest BCUT2D eigenvalue weighted by Crippen LogP contribution is 2.31. The SMILES string of the molecule is CCOc1ccc(-c2nnn(CC(=O)N(CC)CC)n2)cc1OCC. The number of hydrogen-bond acceptors (Lipinski definition) is 6. The van der Waals surface area contributed by atoms with E-state index < -0.39 is 0 Å². The molecule has 0 atom stereocenters. The highest BCUT2D eigenvalue weighted by molar-refractivity contribution is 5.75. The van der Waals surface area contributed by atoms with E-state index in [1.54, 1.807) is 4.90 Å². The van der Waals surface area contributed by atoms with Gasteiger partial charge in [0.15, 0.2) is 11.5 Å². The van der Waals surface area contributed by atoms with Crippen molar-refractivity contribution in [3.05, 3.63) is 18.2 Å². The fraction of sp³-hybridized carbons (Fsp3) is 0.529. The molecule has 136 valence electrons. The molecule has 2 aromatic rings. The van der Waals surface area contributed by atoms with Gasteiger partial charge in [-0.1, -0.05) is 0 Å². The summed E-state index contributed by atoms with van der Waals surface area (Å²) in [6.07, 6.45) is 0. The number of aromatic nitrogens is 4. The highest BCUT2D eigenvalue weighted by atomic mass is 16.5. The maximum atomic E-state index is 12.1. The van der Waals surface area contributed by atoms with Crippen molar-refractivity contribution in [1.82, 2.24) is 25.1 Å². The summed E-state index contributed by atoms with van der Waals surface area (Å²) in [4.78, 5) is 15.2.